The van der Waals surface area contributed by atoms with Gasteiger partial charge >= 0.3 is 5.97 Å². The molecule has 324 valence electrons. The van der Waals surface area contributed by atoms with Crippen LogP contribution in [-0.2, 0) is 16.1 Å². The molecule has 0 radical (unpaired) electrons. The van der Waals surface area contributed by atoms with E-state index < -0.39 is 5.97 Å². The van der Waals surface area contributed by atoms with Gasteiger partial charge in [-0.05, 0) is 61.7 Å². The molecule has 0 spiro atoms. The van der Waals surface area contributed by atoms with Gasteiger partial charge < -0.3 is 66.7 Å². The third-order valence-corrected chi connectivity index (χ3v) is 8.35. The molecule has 2 amide bonds. The number of quaternary nitrogens is 4. The van der Waals surface area contributed by atoms with E-state index in [4.69, 9.17) is 33.2 Å². The highest BCUT2D eigenvalue weighted by molar-refractivity contribution is 5.95. The van der Waals surface area contributed by atoms with E-state index in [1.165, 1.54) is 0 Å². The lowest BCUT2D eigenvalue weighted by Crippen LogP contribution is -2.50. The second kappa shape index (κ2) is 28.0. The molecule has 0 bridgehead atoms. The first-order chi connectivity index (χ1) is 28.6. The molecular weight excluding hydrogens is 761 g/mol. The lowest BCUT2D eigenvalue weighted by molar-refractivity contribution is -0.369. The molecule has 0 saturated carbocycles. The van der Waals surface area contributed by atoms with Crippen LogP contribution in [0.1, 0.15) is 71.7 Å². The van der Waals surface area contributed by atoms with Gasteiger partial charge in [0.15, 0.2) is 0 Å². The highest BCUT2D eigenvalue weighted by Crippen LogP contribution is 2.26. The number of carbonyl (C=O) groups is 3. The zero-order chi connectivity index (χ0) is 42.7. The highest BCUT2D eigenvalue weighted by atomic mass is 16.5. The van der Waals surface area contributed by atoms with Crippen molar-refractivity contribution in [2.75, 3.05) is 78.9 Å². The van der Waals surface area contributed by atoms with Crippen molar-refractivity contribution < 1.29 is 70.5 Å². The average molecular weight is 827 g/mol. The maximum Gasteiger partial charge on any atom is 0.333 e. The molecule has 59 heavy (non-hydrogen) atoms. The van der Waals surface area contributed by atoms with Gasteiger partial charge in [0.05, 0.1) is 65.8 Å². The Hall–Kier alpha value is -5.55. The van der Waals surface area contributed by atoms with Gasteiger partial charge in [0.2, 0.25) is 0 Å². The monoisotopic (exact) mass is 826 g/mol. The van der Waals surface area contributed by atoms with Gasteiger partial charge in [-0.1, -0.05) is 6.58 Å². The Labute approximate surface area is 347 Å². The van der Waals surface area contributed by atoms with E-state index >= 15 is 0 Å². The highest BCUT2D eigenvalue weighted by Gasteiger charge is 2.14. The van der Waals surface area contributed by atoms with Crippen molar-refractivity contribution in [3.63, 3.8) is 0 Å². The van der Waals surface area contributed by atoms with Crippen LogP contribution in [0, 0.1) is 0 Å². The van der Waals surface area contributed by atoms with Crippen LogP contribution in [0.15, 0.2) is 66.7 Å². The summed E-state index contributed by atoms with van der Waals surface area (Å²) in [5, 5.41) is 5.87. The molecule has 0 aromatic heterocycles. The Balaban J connectivity index is 1.56. The summed E-state index contributed by atoms with van der Waals surface area (Å²) in [4.78, 5) is 38.3. The van der Waals surface area contributed by atoms with Crippen molar-refractivity contribution in [1.29, 1.82) is 0 Å². The molecule has 16 nitrogen and oxygen atoms in total. The molecule has 0 atom stereocenters. The third kappa shape index (κ3) is 19.2. The van der Waals surface area contributed by atoms with E-state index in [9.17, 15) is 14.4 Å². The number of esters is 1. The molecule has 0 aliphatic heterocycles. The molecule has 3 aromatic carbocycles. The van der Waals surface area contributed by atoms with Crippen LogP contribution in [0.4, 0.5) is 0 Å². The predicted molar refractivity (Wildman–Crippen MR) is 220 cm³/mol. The summed E-state index contributed by atoms with van der Waals surface area (Å²) in [5.74, 6) is 2.22. The van der Waals surface area contributed by atoms with Gasteiger partial charge in [0.25, 0.3) is 11.8 Å². The Morgan fingerprint density at radius 3 is 1.10 bits per heavy atom. The Morgan fingerprint density at radius 2 is 0.797 bits per heavy atom. The molecular formula is C43H66N6O10+4. The van der Waals surface area contributed by atoms with Crippen molar-refractivity contribution in [3.05, 3.63) is 83.4 Å². The number of nitrogens with one attached hydrogen (secondary N) is 2. The average Bonchev–Trinajstić information content (AvgIpc) is 3.22. The van der Waals surface area contributed by atoms with Gasteiger partial charge in [-0.3, -0.25) is 9.59 Å². The summed E-state index contributed by atoms with van der Waals surface area (Å²) in [5.41, 5.74) is 17.2. The van der Waals surface area contributed by atoms with Crippen LogP contribution in [-0.4, -0.2) is 96.7 Å². The number of rotatable bonds is 31. The Kier molecular flexibility index (Phi) is 22.7. The van der Waals surface area contributed by atoms with Crippen LogP contribution >= 0.6 is 0 Å². The quantitative estimate of drug-likeness (QED) is 0.0302. The van der Waals surface area contributed by atoms with Crippen molar-refractivity contribution >= 4 is 17.8 Å². The molecule has 0 aliphatic carbocycles. The van der Waals surface area contributed by atoms with Crippen molar-refractivity contribution in [1.82, 2.24) is 10.6 Å². The van der Waals surface area contributed by atoms with Gasteiger partial charge in [0, 0.05) is 73.7 Å². The number of hydrogen-bond donors (Lipinski definition) is 6. The topological polar surface area (TPSA) is 250 Å². The minimum absolute atomic E-state index is 0.0103. The maximum atomic E-state index is 13.1. The second-order valence-corrected chi connectivity index (χ2v) is 13.7. The zero-order valence-electron chi connectivity index (χ0n) is 34.7. The summed E-state index contributed by atoms with van der Waals surface area (Å²) in [6.07, 6.45) is 4.21. The van der Waals surface area contributed by atoms with Gasteiger partial charge in [-0.25, -0.2) is 4.79 Å². The lowest BCUT2D eigenvalue weighted by atomic mass is 10.2. The van der Waals surface area contributed by atoms with Crippen LogP contribution in [0.2, 0.25) is 0 Å². The fourth-order valence-corrected chi connectivity index (χ4v) is 5.19. The van der Waals surface area contributed by atoms with E-state index in [1.54, 1.807) is 61.5 Å². The maximum absolute atomic E-state index is 13.1. The van der Waals surface area contributed by atoms with E-state index in [0.29, 0.717) is 117 Å². The van der Waals surface area contributed by atoms with Crippen molar-refractivity contribution in [3.8, 4) is 34.5 Å². The van der Waals surface area contributed by atoms with Crippen molar-refractivity contribution in [2.24, 2.45) is 0 Å². The molecule has 0 saturated heterocycles. The first-order valence-electron chi connectivity index (χ1n) is 20.4. The lowest BCUT2D eigenvalue weighted by Gasteiger charge is -2.14. The summed E-state index contributed by atoms with van der Waals surface area (Å²) >= 11 is 0. The normalized spacial score (nSPS) is 10.7. The minimum Gasteiger partial charge on any atom is -0.493 e. The molecule has 0 aliphatic rings. The molecule has 0 unspecified atom stereocenters. The largest absolute Gasteiger partial charge is 0.493 e. The van der Waals surface area contributed by atoms with Crippen molar-refractivity contribution in [2.45, 2.75) is 52.1 Å². The third-order valence-electron chi connectivity index (χ3n) is 8.35. The molecule has 3 rings (SSSR count). The SMILES string of the molecule is C=C(C)C(=O)OCc1cc(OCCCNC(=O)c2cc(OCCC[NH3+])cc(OCCC[NH3+])c2)cc(OCCCNC(=O)c2cc(OCCC[NH3+])cc(OCCC[NH3+])c2)c1. The smallest absolute Gasteiger partial charge is 0.333 e. The molecule has 14 N–H and O–H groups in total. The Morgan fingerprint density at radius 1 is 0.492 bits per heavy atom. The predicted octanol–water partition coefficient (Wildman–Crippen LogP) is 0.747. The summed E-state index contributed by atoms with van der Waals surface area (Å²) < 4.78 is 40.8. The first-order valence-corrected chi connectivity index (χ1v) is 20.4. The van der Waals surface area contributed by atoms with Crippen LogP contribution < -0.4 is 62.0 Å². The van der Waals surface area contributed by atoms with Gasteiger partial charge in [-0.15, -0.1) is 0 Å². The fourth-order valence-electron chi connectivity index (χ4n) is 5.19. The molecule has 3 aromatic rings. The van der Waals surface area contributed by atoms with Crippen LogP contribution in [0.25, 0.3) is 0 Å². The molecule has 16 heteroatoms. The zero-order valence-corrected chi connectivity index (χ0v) is 34.7. The van der Waals surface area contributed by atoms with E-state index in [2.05, 4.69) is 40.1 Å². The summed E-state index contributed by atoms with van der Waals surface area (Å²) in [6.45, 7) is 11.5. The van der Waals surface area contributed by atoms with E-state index in [1.807, 2.05) is 0 Å². The van der Waals surface area contributed by atoms with E-state index in [0.717, 1.165) is 51.9 Å². The fraction of sp³-hybridized carbons (Fsp3) is 0.465. The second-order valence-electron chi connectivity index (χ2n) is 13.7. The summed E-state index contributed by atoms with van der Waals surface area (Å²) in [7, 11) is 0. The van der Waals surface area contributed by atoms with Crippen LogP contribution in [0.3, 0.4) is 0 Å². The number of amides is 2. The first kappa shape index (κ1) is 47.8. The van der Waals surface area contributed by atoms with E-state index in [-0.39, 0.29) is 24.0 Å². The van der Waals surface area contributed by atoms with Gasteiger partial charge in [-0.2, -0.15) is 0 Å². The standard InChI is InChI=1S/C43H62N6O10/c1-31(2)43(52)59-30-32-21-35(57-19-7-13-48-41(50)33-23-37(53-15-3-9-44)28-38(24-33)54-16-4-10-45)27-36(22-32)58-20-8-14-49-42(51)34-25-39(55-17-5-11-46)29-40(26-34)56-18-6-12-47/h21-29H,1,3-20,30,44-47H2,2H3,(H,48,50)(H,49,51)/p+4. The van der Waals surface area contributed by atoms with Crippen LogP contribution in [0.5, 0.6) is 34.5 Å². The Bertz CT molecular complexity index is 1590. The number of hydrogen-bond acceptors (Lipinski definition) is 10. The van der Waals surface area contributed by atoms with Gasteiger partial charge in [0.1, 0.15) is 41.1 Å². The minimum atomic E-state index is -0.509. The summed E-state index contributed by atoms with van der Waals surface area (Å²) in [6, 6.07) is 15.6. The molecule has 0 heterocycles. The number of carbonyl (C=O) groups excluding carboxylic acids is 3. The number of ether oxygens (including phenoxy) is 7. The molecule has 0 fully saturated rings. The number of benzene rings is 3.